The summed E-state index contributed by atoms with van der Waals surface area (Å²) in [6.07, 6.45) is 56.4. The summed E-state index contributed by atoms with van der Waals surface area (Å²) in [4.78, 5) is 37.1. The van der Waals surface area contributed by atoms with Gasteiger partial charge in [0.25, 0.3) is 0 Å². The summed E-state index contributed by atoms with van der Waals surface area (Å²) in [6, 6.07) is -0.726. The Morgan fingerprint density at radius 2 is 0.769 bits per heavy atom. The van der Waals surface area contributed by atoms with Crippen LogP contribution >= 0.6 is 0 Å². The number of hydrogen-bond acceptors (Lipinski definition) is 7. The topological polar surface area (TPSA) is 102 Å². The van der Waals surface area contributed by atoms with Gasteiger partial charge < -0.3 is 28.6 Å². The smallest absolute Gasteiger partial charge is 0.306 e. The zero-order valence-corrected chi connectivity index (χ0v) is 43.7. The summed E-state index contributed by atoms with van der Waals surface area (Å²) in [5, 5.41) is 11.7. The van der Waals surface area contributed by atoms with Crippen LogP contribution in [0.15, 0.2) is 24.3 Å². The van der Waals surface area contributed by atoms with Crippen LogP contribution in [0, 0.1) is 0 Å². The highest BCUT2D eigenvalue weighted by molar-refractivity contribution is 5.70. The van der Waals surface area contributed by atoms with E-state index in [1.165, 1.54) is 199 Å². The second-order valence-corrected chi connectivity index (χ2v) is 20.2. The molecule has 0 aliphatic carbocycles. The van der Waals surface area contributed by atoms with Gasteiger partial charge in [0.05, 0.1) is 40.3 Å². The first-order valence-electron chi connectivity index (χ1n) is 27.9. The molecule has 0 spiro atoms. The average molecular weight is 918 g/mol. The van der Waals surface area contributed by atoms with Gasteiger partial charge in [0.15, 0.2) is 6.10 Å². The maximum Gasteiger partial charge on any atom is 0.306 e. The predicted octanol–water partition coefficient (Wildman–Crippen LogP) is 15.0. The molecule has 0 fully saturated rings. The van der Waals surface area contributed by atoms with Crippen LogP contribution in [0.2, 0.25) is 0 Å². The molecule has 0 saturated carbocycles. The number of carbonyl (C=O) groups excluding carboxylic acids is 3. The number of carboxylic acids is 1. The van der Waals surface area contributed by atoms with Crippen molar-refractivity contribution in [2.24, 2.45) is 0 Å². The standard InChI is InChI=1S/C57H107NO7/c1-6-8-10-12-14-16-18-20-22-24-26-28-30-31-33-35-37-39-41-43-45-47-55(59)64-52-53(51-63-50-49-54(57(61)62)58(3,4)5)65-56(60)48-46-44-42-40-38-36-34-32-29-27-25-23-21-19-17-15-13-11-9-7-2/h27-30,53-54H,6-26,31-52H2,1-5H3/b29-27+,30-28+. The van der Waals surface area contributed by atoms with Gasteiger partial charge >= 0.3 is 11.9 Å². The molecule has 0 heterocycles. The van der Waals surface area contributed by atoms with Crippen molar-refractivity contribution in [3.63, 3.8) is 0 Å². The first-order valence-corrected chi connectivity index (χ1v) is 27.9. The third-order valence-electron chi connectivity index (χ3n) is 12.8. The van der Waals surface area contributed by atoms with Crippen LogP contribution in [0.5, 0.6) is 0 Å². The second kappa shape index (κ2) is 48.3. The van der Waals surface area contributed by atoms with E-state index in [1.807, 2.05) is 21.1 Å². The van der Waals surface area contributed by atoms with E-state index in [2.05, 4.69) is 38.2 Å². The van der Waals surface area contributed by atoms with Crippen LogP contribution in [-0.4, -0.2) is 75.5 Å². The monoisotopic (exact) mass is 918 g/mol. The Labute approximate surface area is 402 Å². The van der Waals surface area contributed by atoms with Crippen LogP contribution in [0.4, 0.5) is 0 Å². The molecular weight excluding hydrogens is 811 g/mol. The highest BCUT2D eigenvalue weighted by Gasteiger charge is 2.25. The maximum atomic E-state index is 12.8. The van der Waals surface area contributed by atoms with Crippen LogP contribution in [0.25, 0.3) is 0 Å². The number of aliphatic carboxylic acids is 1. The van der Waals surface area contributed by atoms with E-state index in [0.29, 0.717) is 12.8 Å². The summed E-state index contributed by atoms with van der Waals surface area (Å²) in [6.45, 7) is 4.70. The Hall–Kier alpha value is -2.19. The van der Waals surface area contributed by atoms with Gasteiger partial charge in [-0.25, -0.2) is 0 Å². The van der Waals surface area contributed by atoms with E-state index in [1.54, 1.807) is 0 Å². The molecule has 0 radical (unpaired) electrons. The fraction of sp³-hybridized carbons (Fsp3) is 0.877. The predicted molar refractivity (Wildman–Crippen MR) is 273 cm³/mol. The molecule has 0 amide bonds. The summed E-state index contributed by atoms with van der Waals surface area (Å²) in [5.74, 6) is -1.73. The molecule has 0 aliphatic heterocycles. The number of carbonyl (C=O) groups is 3. The lowest BCUT2D eigenvalue weighted by Crippen LogP contribution is -2.55. The number of rotatable bonds is 51. The van der Waals surface area contributed by atoms with Crippen molar-refractivity contribution in [1.29, 1.82) is 0 Å². The second-order valence-electron chi connectivity index (χ2n) is 20.2. The van der Waals surface area contributed by atoms with Crippen molar-refractivity contribution in [3.8, 4) is 0 Å². The largest absolute Gasteiger partial charge is 0.544 e. The van der Waals surface area contributed by atoms with Crippen LogP contribution < -0.4 is 5.11 Å². The minimum absolute atomic E-state index is 0.0412. The zero-order valence-electron chi connectivity index (χ0n) is 43.7. The first kappa shape index (κ1) is 62.8. The third-order valence-corrected chi connectivity index (χ3v) is 12.8. The fourth-order valence-corrected chi connectivity index (χ4v) is 8.47. The Morgan fingerprint density at radius 1 is 0.446 bits per heavy atom. The number of likely N-dealkylation sites (N-methyl/N-ethyl adjacent to an activating group) is 1. The van der Waals surface area contributed by atoms with E-state index in [-0.39, 0.29) is 42.7 Å². The van der Waals surface area contributed by atoms with Crippen molar-refractivity contribution >= 4 is 17.9 Å². The first-order chi connectivity index (χ1) is 31.6. The molecule has 0 bridgehead atoms. The molecule has 8 heteroatoms. The number of unbranched alkanes of at least 4 members (excludes halogenated alkanes) is 33. The molecule has 0 N–H and O–H groups in total. The average Bonchev–Trinajstić information content (AvgIpc) is 3.27. The summed E-state index contributed by atoms with van der Waals surface area (Å²) >= 11 is 0. The van der Waals surface area contributed by atoms with Crippen molar-refractivity contribution in [2.75, 3.05) is 41.0 Å². The lowest BCUT2D eigenvalue weighted by molar-refractivity contribution is -0.889. The molecule has 0 aromatic rings. The molecule has 382 valence electrons. The van der Waals surface area contributed by atoms with Crippen molar-refractivity contribution in [2.45, 2.75) is 283 Å². The van der Waals surface area contributed by atoms with Gasteiger partial charge in [-0.05, 0) is 64.2 Å². The lowest BCUT2D eigenvalue weighted by Gasteiger charge is -2.34. The number of quaternary nitrogens is 1. The van der Waals surface area contributed by atoms with Gasteiger partial charge in [0, 0.05) is 19.3 Å². The highest BCUT2D eigenvalue weighted by atomic mass is 16.6. The molecule has 2 unspecified atom stereocenters. The van der Waals surface area contributed by atoms with Gasteiger partial charge in [-0.15, -0.1) is 0 Å². The fourth-order valence-electron chi connectivity index (χ4n) is 8.47. The number of ether oxygens (including phenoxy) is 3. The van der Waals surface area contributed by atoms with E-state index in [0.717, 1.165) is 38.5 Å². The summed E-state index contributed by atoms with van der Waals surface area (Å²) in [5.41, 5.74) is 0. The van der Waals surface area contributed by atoms with Gasteiger partial charge in [-0.3, -0.25) is 9.59 Å². The molecule has 8 nitrogen and oxygen atoms in total. The minimum atomic E-state index is -1.12. The molecular formula is C57H107NO7. The number of carboxylic acid groups (broad SMARTS) is 1. The van der Waals surface area contributed by atoms with Crippen LogP contribution in [0.1, 0.15) is 271 Å². The van der Waals surface area contributed by atoms with E-state index in [4.69, 9.17) is 14.2 Å². The number of esters is 2. The zero-order chi connectivity index (χ0) is 47.7. The van der Waals surface area contributed by atoms with Gasteiger partial charge in [-0.1, -0.05) is 212 Å². The Kier molecular flexibility index (Phi) is 46.6. The van der Waals surface area contributed by atoms with E-state index < -0.39 is 18.1 Å². The van der Waals surface area contributed by atoms with Gasteiger partial charge in [-0.2, -0.15) is 0 Å². The lowest BCUT2D eigenvalue weighted by atomic mass is 10.1. The van der Waals surface area contributed by atoms with E-state index in [9.17, 15) is 19.5 Å². The molecule has 0 aromatic carbocycles. The Morgan fingerprint density at radius 3 is 1.11 bits per heavy atom. The van der Waals surface area contributed by atoms with Crippen molar-refractivity contribution < 1.29 is 38.2 Å². The molecule has 0 rings (SSSR count). The molecule has 0 aromatic heterocycles. The SMILES string of the molecule is CCCCCCCCCCC/C=C/CCCCCCCCCC(=O)OC(COCCC(C(=O)[O-])[N+](C)(C)C)COC(=O)CCCCCCCCC/C=C/CCCCCCCCCCCC. The number of hydrogen-bond donors (Lipinski definition) is 0. The normalized spacial score (nSPS) is 12.9. The minimum Gasteiger partial charge on any atom is -0.544 e. The van der Waals surface area contributed by atoms with Crippen LogP contribution in [-0.2, 0) is 28.6 Å². The van der Waals surface area contributed by atoms with Gasteiger partial charge in [0.2, 0.25) is 0 Å². The van der Waals surface area contributed by atoms with Crippen molar-refractivity contribution in [1.82, 2.24) is 0 Å². The highest BCUT2D eigenvalue weighted by Crippen LogP contribution is 2.16. The maximum absolute atomic E-state index is 12.8. The Bertz CT molecular complexity index is 1120. The van der Waals surface area contributed by atoms with Gasteiger partial charge in [0.1, 0.15) is 12.6 Å². The molecule has 65 heavy (non-hydrogen) atoms. The Balaban J connectivity index is 4.19. The quantitative estimate of drug-likeness (QED) is 0.0259. The molecule has 0 aliphatic rings. The molecule has 2 atom stereocenters. The molecule has 0 saturated heterocycles. The number of nitrogens with zero attached hydrogens (tertiary/aromatic N) is 1. The van der Waals surface area contributed by atoms with E-state index >= 15 is 0 Å². The summed E-state index contributed by atoms with van der Waals surface area (Å²) in [7, 11) is 5.43. The third kappa shape index (κ3) is 46.7. The van der Waals surface area contributed by atoms with Crippen molar-refractivity contribution in [3.05, 3.63) is 24.3 Å². The van der Waals surface area contributed by atoms with Crippen LogP contribution in [0.3, 0.4) is 0 Å². The number of allylic oxidation sites excluding steroid dienone is 4. The summed E-state index contributed by atoms with van der Waals surface area (Å²) < 4.78 is 17.3.